The minimum absolute atomic E-state index is 0.288. The Hall–Kier alpha value is -2.96. The number of halogens is 1. The van der Waals surface area contributed by atoms with E-state index in [0.29, 0.717) is 5.78 Å². The van der Waals surface area contributed by atoms with Crippen molar-refractivity contribution in [2.45, 2.75) is 13.0 Å². The monoisotopic (exact) mass is 419 g/mol. The summed E-state index contributed by atoms with van der Waals surface area (Å²) >= 11 is 6.15. The molecule has 2 aromatic heterocycles. The van der Waals surface area contributed by atoms with E-state index in [1.165, 1.54) is 11.1 Å². The second-order valence-corrected chi connectivity index (χ2v) is 8.20. The predicted molar refractivity (Wildman–Crippen MR) is 118 cm³/mol. The van der Waals surface area contributed by atoms with Crippen molar-refractivity contribution in [1.82, 2.24) is 19.6 Å². The van der Waals surface area contributed by atoms with Crippen molar-refractivity contribution >= 4 is 23.2 Å². The summed E-state index contributed by atoms with van der Waals surface area (Å²) in [7, 11) is 0. The van der Waals surface area contributed by atoms with E-state index in [2.05, 4.69) is 68.5 Å². The third kappa shape index (κ3) is 3.64. The fourth-order valence-corrected chi connectivity index (χ4v) is 4.54. The van der Waals surface area contributed by atoms with Crippen molar-refractivity contribution in [2.24, 2.45) is 0 Å². The second-order valence-electron chi connectivity index (χ2n) is 7.77. The van der Waals surface area contributed by atoms with Crippen molar-refractivity contribution in [2.75, 3.05) is 31.1 Å². The van der Waals surface area contributed by atoms with E-state index in [0.717, 1.165) is 42.7 Å². The van der Waals surface area contributed by atoms with Crippen LogP contribution in [0.3, 0.4) is 0 Å². The molecule has 0 aliphatic carbocycles. The van der Waals surface area contributed by atoms with Gasteiger partial charge in [-0.05, 0) is 19.1 Å². The van der Waals surface area contributed by atoms with E-state index in [1.807, 2.05) is 23.6 Å². The Balaban J connectivity index is 1.42. The van der Waals surface area contributed by atoms with Crippen LogP contribution < -0.4 is 9.80 Å². The average Bonchev–Trinajstić information content (AvgIpc) is 3.24. The molecule has 2 aromatic carbocycles. The zero-order valence-corrected chi connectivity index (χ0v) is 17.6. The SMILES string of the molecule is Cc1cc(N2CC[NH+]([C@H](c3ccccc3)c3ccc(Cl)cc3)CC2)n2ncnc2n1. The molecule has 1 aliphatic rings. The van der Waals surface area contributed by atoms with E-state index in [-0.39, 0.29) is 6.04 Å². The van der Waals surface area contributed by atoms with Crippen molar-refractivity contribution in [3.8, 4) is 0 Å². The number of aromatic nitrogens is 4. The topological polar surface area (TPSA) is 50.8 Å². The Kier molecular flexibility index (Phi) is 5.11. The number of hydrogen-bond donors (Lipinski definition) is 1. The van der Waals surface area contributed by atoms with Gasteiger partial charge >= 0.3 is 0 Å². The van der Waals surface area contributed by atoms with E-state index in [4.69, 9.17) is 11.6 Å². The zero-order chi connectivity index (χ0) is 20.5. The number of hydrogen-bond acceptors (Lipinski definition) is 4. The van der Waals surface area contributed by atoms with Crippen LogP contribution in [-0.4, -0.2) is 45.8 Å². The minimum atomic E-state index is 0.288. The molecular weight excluding hydrogens is 396 g/mol. The third-order valence-corrected chi connectivity index (χ3v) is 6.09. The van der Waals surface area contributed by atoms with Crippen LogP contribution in [0.15, 0.2) is 67.0 Å². The number of piperazine rings is 1. The quantitative estimate of drug-likeness (QED) is 0.552. The third-order valence-electron chi connectivity index (χ3n) is 5.84. The van der Waals surface area contributed by atoms with Gasteiger partial charge in [-0.2, -0.15) is 14.6 Å². The van der Waals surface area contributed by atoms with Crippen molar-refractivity contribution in [1.29, 1.82) is 0 Å². The van der Waals surface area contributed by atoms with Crippen LogP contribution in [0, 0.1) is 6.92 Å². The lowest BCUT2D eigenvalue weighted by atomic mass is 9.96. The summed E-state index contributed by atoms with van der Waals surface area (Å²) < 4.78 is 1.84. The van der Waals surface area contributed by atoms with Gasteiger partial charge in [0.05, 0.1) is 26.2 Å². The van der Waals surface area contributed by atoms with Gasteiger partial charge in [0.25, 0.3) is 5.78 Å². The molecule has 1 fully saturated rings. The molecule has 152 valence electrons. The Morgan fingerprint density at radius 1 is 0.967 bits per heavy atom. The highest BCUT2D eigenvalue weighted by Gasteiger charge is 2.31. The molecule has 0 spiro atoms. The molecule has 7 heteroatoms. The van der Waals surface area contributed by atoms with Gasteiger partial charge in [-0.1, -0.05) is 54.1 Å². The van der Waals surface area contributed by atoms with Crippen LogP contribution in [0.1, 0.15) is 22.9 Å². The Morgan fingerprint density at radius 2 is 1.67 bits per heavy atom. The first-order chi connectivity index (χ1) is 14.7. The number of fused-ring (bicyclic) bond motifs is 1. The van der Waals surface area contributed by atoms with Gasteiger partial charge in [0.1, 0.15) is 18.2 Å². The summed E-state index contributed by atoms with van der Waals surface area (Å²) in [4.78, 5) is 12.7. The zero-order valence-electron chi connectivity index (χ0n) is 16.9. The lowest BCUT2D eigenvalue weighted by Gasteiger charge is -2.37. The molecular formula is C23H24ClN6+. The average molecular weight is 420 g/mol. The molecule has 0 amide bonds. The van der Waals surface area contributed by atoms with Crippen LogP contribution in [0.4, 0.5) is 5.82 Å². The predicted octanol–water partition coefficient (Wildman–Crippen LogP) is 2.58. The lowest BCUT2D eigenvalue weighted by Crippen LogP contribution is -3.15. The van der Waals surface area contributed by atoms with Crippen LogP contribution in [-0.2, 0) is 0 Å². The van der Waals surface area contributed by atoms with E-state index in [9.17, 15) is 0 Å². The second kappa shape index (κ2) is 8.05. The number of nitrogens with zero attached hydrogens (tertiary/aromatic N) is 5. The summed E-state index contributed by atoms with van der Waals surface area (Å²) in [5.74, 6) is 1.72. The number of rotatable bonds is 4. The molecule has 30 heavy (non-hydrogen) atoms. The highest BCUT2D eigenvalue weighted by atomic mass is 35.5. The molecule has 4 aromatic rings. The fourth-order valence-electron chi connectivity index (χ4n) is 4.41. The van der Waals surface area contributed by atoms with Crippen molar-refractivity contribution < 1.29 is 4.90 Å². The van der Waals surface area contributed by atoms with Gasteiger partial charge in [0, 0.05) is 27.9 Å². The van der Waals surface area contributed by atoms with E-state index < -0.39 is 0 Å². The van der Waals surface area contributed by atoms with Crippen LogP contribution in [0.25, 0.3) is 5.78 Å². The van der Waals surface area contributed by atoms with E-state index in [1.54, 1.807) is 11.2 Å². The molecule has 1 N–H and O–H groups in total. The van der Waals surface area contributed by atoms with Crippen molar-refractivity contribution in [3.05, 3.63) is 88.8 Å². The van der Waals surface area contributed by atoms with Gasteiger partial charge in [0.2, 0.25) is 0 Å². The molecule has 6 nitrogen and oxygen atoms in total. The van der Waals surface area contributed by atoms with Crippen LogP contribution in [0.2, 0.25) is 5.02 Å². The Labute approximate surface area is 180 Å². The number of aryl methyl sites for hydroxylation is 1. The smallest absolute Gasteiger partial charge is 0.254 e. The number of anilines is 1. The number of nitrogens with one attached hydrogen (secondary N) is 1. The molecule has 0 unspecified atom stereocenters. The van der Waals surface area contributed by atoms with Crippen LogP contribution in [0.5, 0.6) is 0 Å². The summed E-state index contributed by atoms with van der Waals surface area (Å²) in [6.07, 6.45) is 1.57. The lowest BCUT2D eigenvalue weighted by molar-refractivity contribution is -0.926. The summed E-state index contributed by atoms with van der Waals surface area (Å²) in [6, 6.07) is 21.4. The molecule has 0 saturated carbocycles. The highest BCUT2D eigenvalue weighted by molar-refractivity contribution is 6.30. The highest BCUT2D eigenvalue weighted by Crippen LogP contribution is 2.22. The molecule has 3 heterocycles. The summed E-state index contributed by atoms with van der Waals surface area (Å²) in [5, 5.41) is 5.15. The van der Waals surface area contributed by atoms with Gasteiger partial charge in [-0.3, -0.25) is 0 Å². The van der Waals surface area contributed by atoms with E-state index >= 15 is 0 Å². The minimum Gasteiger partial charge on any atom is -0.345 e. The summed E-state index contributed by atoms with van der Waals surface area (Å²) in [5.41, 5.74) is 3.60. The first kappa shape index (κ1) is 19.0. The molecule has 0 bridgehead atoms. The maximum absolute atomic E-state index is 6.15. The fraction of sp³-hybridized carbons (Fsp3) is 0.261. The maximum Gasteiger partial charge on any atom is 0.254 e. The van der Waals surface area contributed by atoms with Gasteiger partial charge in [-0.25, -0.2) is 4.98 Å². The standard InChI is InChI=1S/C23H23ClN6/c1-17-15-21(30-23(27-17)25-16-26-30)28-11-13-29(14-12-28)22(18-5-3-2-4-6-18)19-7-9-20(24)10-8-19/h2-10,15-16,22H,11-14H2,1H3/p+1/t22-/m1/s1. The Morgan fingerprint density at radius 3 is 2.40 bits per heavy atom. The van der Waals surface area contributed by atoms with Gasteiger partial charge < -0.3 is 9.80 Å². The van der Waals surface area contributed by atoms with Crippen molar-refractivity contribution in [3.63, 3.8) is 0 Å². The van der Waals surface area contributed by atoms with Gasteiger partial charge in [0.15, 0.2) is 0 Å². The first-order valence-corrected chi connectivity index (χ1v) is 10.6. The number of quaternary nitrogens is 1. The molecule has 1 atom stereocenters. The number of benzene rings is 2. The molecule has 1 aliphatic heterocycles. The largest absolute Gasteiger partial charge is 0.345 e. The first-order valence-electron chi connectivity index (χ1n) is 10.3. The molecule has 5 rings (SSSR count). The molecule has 0 radical (unpaired) electrons. The van der Waals surface area contributed by atoms with Gasteiger partial charge in [-0.15, -0.1) is 0 Å². The van der Waals surface area contributed by atoms with Crippen LogP contribution >= 0.6 is 11.6 Å². The normalized spacial score (nSPS) is 16.1. The molecule has 1 saturated heterocycles. The Bertz CT molecular complexity index is 1130. The summed E-state index contributed by atoms with van der Waals surface area (Å²) in [6.45, 7) is 5.96. The maximum atomic E-state index is 6.15.